The normalized spacial score (nSPS) is 19.4. The van der Waals surface area contributed by atoms with E-state index in [0.29, 0.717) is 24.3 Å². The van der Waals surface area contributed by atoms with E-state index in [1.54, 1.807) is 41.3 Å². The summed E-state index contributed by atoms with van der Waals surface area (Å²) in [6, 6.07) is 19.8. The summed E-state index contributed by atoms with van der Waals surface area (Å²) in [5.41, 5.74) is 6.04. The topological polar surface area (TPSA) is 110 Å². The summed E-state index contributed by atoms with van der Waals surface area (Å²) in [5, 5.41) is 1.84. The molecule has 2 aliphatic rings. The first kappa shape index (κ1) is 22.4. The molecule has 0 aromatic heterocycles. The van der Waals surface area contributed by atoms with Crippen molar-refractivity contribution in [3.8, 4) is 5.75 Å². The third-order valence-electron chi connectivity index (χ3n) is 6.52. The van der Waals surface area contributed by atoms with Gasteiger partial charge in [-0.3, -0.25) is 9.59 Å². The van der Waals surface area contributed by atoms with Crippen LogP contribution in [0.3, 0.4) is 0 Å². The van der Waals surface area contributed by atoms with E-state index in [0.717, 1.165) is 10.8 Å². The second kappa shape index (κ2) is 8.73. The largest absolute Gasteiger partial charge is 0.477 e. The molecule has 2 aliphatic heterocycles. The van der Waals surface area contributed by atoms with Gasteiger partial charge in [-0.05, 0) is 47.9 Å². The first-order valence-corrected chi connectivity index (χ1v) is 12.6. The highest BCUT2D eigenvalue weighted by Gasteiger charge is 2.38. The Balaban J connectivity index is 1.32. The number of benzene rings is 3. The van der Waals surface area contributed by atoms with Crippen LogP contribution >= 0.6 is 0 Å². The summed E-state index contributed by atoms with van der Waals surface area (Å²) < 4.78 is 33.6. The zero-order chi connectivity index (χ0) is 23.9. The molecule has 1 fully saturated rings. The van der Waals surface area contributed by atoms with E-state index in [-0.39, 0.29) is 36.4 Å². The number of amides is 2. The van der Waals surface area contributed by atoms with E-state index in [4.69, 9.17) is 10.5 Å². The molecule has 2 amide bonds. The summed E-state index contributed by atoms with van der Waals surface area (Å²) in [6.45, 7) is 0.536. The summed E-state index contributed by atoms with van der Waals surface area (Å²) in [5.74, 6) is -0.710. The number of sulfonamides is 1. The molecule has 8 nitrogen and oxygen atoms in total. The van der Waals surface area contributed by atoms with Crippen LogP contribution in [-0.4, -0.2) is 50.3 Å². The van der Waals surface area contributed by atoms with Gasteiger partial charge in [-0.25, -0.2) is 8.42 Å². The Morgan fingerprint density at radius 1 is 0.912 bits per heavy atom. The highest BCUT2D eigenvalue weighted by molar-refractivity contribution is 7.89. The number of hydrogen-bond donors (Lipinski definition) is 1. The molecule has 5 rings (SSSR count). The molecule has 176 valence electrons. The molecule has 0 radical (unpaired) electrons. The summed E-state index contributed by atoms with van der Waals surface area (Å²) in [6.07, 6.45) is -0.133. The van der Waals surface area contributed by atoms with Gasteiger partial charge in [-0.1, -0.05) is 42.5 Å². The second-order valence-electron chi connectivity index (χ2n) is 8.61. The van der Waals surface area contributed by atoms with Gasteiger partial charge in [0.1, 0.15) is 5.75 Å². The molecular weight excluding hydrogens is 454 g/mol. The highest BCUT2D eigenvalue weighted by atomic mass is 32.2. The van der Waals surface area contributed by atoms with E-state index in [1.807, 2.05) is 30.3 Å². The molecule has 0 aliphatic carbocycles. The number of rotatable bonds is 4. The molecule has 2 heterocycles. The van der Waals surface area contributed by atoms with Crippen LogP contribution in [0, 0.1) is 5.92 Å². The van der Waals surface area contributed by atoms with Gasteiger partial charge in [-0.15, -0.1) is 0 Å². The number of carbonyl (C=O) groups is 2. The average molecular weight is 480 g/mol. The van der Waals surface area contributed by atoms with Crippen molar-refractivity contribution in [1.29, 1.82) is 0 Å². The van der Waals surface area contributed by atoms with Gasteiger partial charge in [0.05, 0.1) is 17.1 Å². The Bertz CT molecular complexity index is 1370. The van der Waals surface area contributed by atoms with Crippen molar-refractivity contribution >= 4 is 38.3 Å². The number of ether oxygens (including phenoxy) is 1. The SMILES string of the molecule is NC(=O)C1CN(C(=O)C2CCN(S(=O)(=O)c3ccc4ccccc4c3)CC2)c2ccccc2O1. The van der Waals surface area contributed by atoms with E-state index in [1.165, 1.54) is 4.31 Å². The van der Waals surface area contributed by atoms with Crippen molar-refractivity contribution in [1.82, 2.24) is 4.31 Å². The van der Waals surface area contributed by atoms with E-state index in [9.17, 15) is 18.0 Å². The van der Waals surface area contributed by atoms with Crippen molar-refractivity contribution in [3.05, 3.63) is 66.7 Å². The number of primary amides is 1. The van der Waals surface area contributed by atoms with Crippen LogP contribution < -0.4 is 15.4 Å². The van der Waals surface area contributed by atoms with Crippen molar-refractivity contribution in [2.45, 2.75) is 23.8 Å². The molecule has 1 unspecified atom stereocenters. The number of piperidine rings is 1. The van der Waals surface area contributed by atoms with Gasteiger partial charge in [-0.2, -0.15) is 4.31 Å². The average Bonchev–Trinajstić information content (AvgIpc) is 2.87. The molecule has 34 heavy (non-hydrogen) atoms. The number of hydrogen-bond acceptors (Lipinski definition) is 5. The van der Waals surface area contributed by atoms with Gasteiger partial charge in [0.25, 0.3) is 5.91 Å². The molecule has 0 spiro atoms. The fraction of sp³-hybridized carbons (Fsp3) is 0.280. The van der Waals surface area contributed by atoms with Crippen LogP contribution in [0.15, 0.2) is 71.6 Å². The van der Waals surface area contributed by atoms with Crippen LogP contribution in [0.1, 0.15) is 12.8 Å². The summed E-state index contributed by atoms with van der Waals surface area (Å²) in [7, 11) is -3.67. The molecular formula is C25H25N3O5S. The lowest BCUT2D eigenvalue weighted by Crippen LogP contribution is -2.52. The van der Waals surface area contributed by atoms with Crippen LogP contribution in [0.2, 0.25) is 0 Å². The minimum absolute atomic E-state index is 0.0424. The zero-order valence-corrected chi connectivity index (χ0v) is 19.3. The Morgan fingerprint density at radius 2 is 1.59 bits per heavy atom. The lowest BCUT2D eigenvalue weighted by atomic mass is 9.95. The fourth-order valence-corrected chi connectivity index (χ4v) is 6.14. The first-order valence-electron chi connectivity index (χ1n) is 11.2. The van der Waals surface area contributed by atoms with Crippen molar-refractivity contribution < 1.29 is 22.7 Å². The number of para-hydroxylation sites is 2. The van der Waals surface area contributed by atoms with Crippen molar-refractivity contribution in [2.24, 2.45) is 11.7 Å². The maximum absolute atomic E-state index is 13.4. The second-order valence-corrected chi connectivity index (χ2v) is 10.6. The standard InChI is InChI=1S/C25H25N3O5S/c26-24(29)23-16-28(21-7-3-4-8-22(21)33-23)25(30)18-11-13-27(14-12-18)34(31,32)20-10-9-17-5-1-2-6-19(17)15-20/h1-10,15,18,23H,11-14,16H2,(H2,26,29). The molecule has 1 saturated heterocycles. The molecule has 0 bridgehead atoms. The van der Waals surface area contributed by atoms with Gasteiger partial charge in [0.2, 0.25) is 15.9 Å². The number of nitrogens with two attached hydrogens (primary N) is 1. The lowest BCUT2D eigenvalue weighted by Gasteiger charge is -2.37. The lowest BCUT2D eigenvalue weighted by molar-refractivity contribution is -0.126. The minimum Gasteiger partial charge on any atom is -0.477 e. The Labute approximate surface area is 197 Å². The molecule has 0 saturated carbocycles. The van der Waals surface area contributed by atoms with Gasteiger partial charge in [0.15, 0.2) is 6.10 Å². The Hall–Kier alpha value is -3.43. The predicted octanol–water partition coefficient (Wildman–Crippen LogP) is 2.52. The van der Waals surface area contributed by atoms with E-state index in [2.05, 4.69) is 0 Å². The van der Waals surface area contributed by atoms with Crippen LogP contribution in [-0.2, 0) is 19.6 Å². The number of nitrogens with zero attached hydrogens (tertiary/aromatic N) is 2. The van der Waals surface area contributed by atoms with Crippen LogP contribution in [0.5, 0.6) is 5.75 Å². The van der Waals surface area contributed by atoms with Gasteiger partial charge >= 0.3 is 0 Å². The number of anilines is 1. The summed E-state index contributed by atoms with van der Waals surface area (Å²) >= 11 is 0. The van der Waals surface area contributed by atoms with Gasteiger partial charge < -0.3 is 15.4 Å². The Morgan fingerprint density at radius 3 is 2.32 bits per heavy atom. The van der Waals surface area contributed by atoms with Crippen LogP contribution in [0.25, 0.3) is 10.8 Å². The zero-order valence-electron chi connectivity index (χ0n) is 18.5. The van der Waals surface area contributed by atoms with Crippen molar-refractivity contribution in [3.63, 3.8) is 0 Å². The summed E-state index contributed by atoms with van der Waals surface area (Å²) in [4.78, 5) is 27.0. The molecule has 1 atom stereocenters. The fourth-order valence-electron chi connectivity index (χ4n) is 4.63. The van der Waals surface area contributed by atoms with E-state index < -0.39 is 22.0 Å². The number of carbonyl (C=O) groups excluding carboxylic acids is 2. The monoisotopic (exact) mass is 479 g/mol. The predicted molar refractivity (Wildman–Crippen MR) is 128 cm³/mol. The molecule has 3 aromatic carbocycles. The maximum atomic E-state index is 13.4. The third kappa shape index (κ3) is 4.01. The van der Waals surface area contributed by atoms with E-state index >= 15 is 0 Å². The van der Waals surface area contributed by atoms with Crippen LogP contribution in [0.4, 0.5) is 5.69 Å². The Kier molecular flexibility index (Phi) is 5.75. The smallest absolute Gasteiger partial charge is 0.260 e. The molecule has 2 N–H and O–H groups in total. The maximum Gasteiger partial charge on any atom is 0.260 e. The third-order valence-corrected chi connectivity index (χ3v) is 8.41. The molecule has 9 heteroatoms. The van der Waals surface area contributed by atoms with Gasteiger partial charge in [0, 0.05) is 19.0 Å². The highest BCUT2D eigenvalue weighted by Crippen LogP contribution is 2.35. The quantitative estimate of drug-likeness (QED) is 0.618. The number of fused-ring (bicyclic) bond motifs is 2. The first-order chi connectivity index (χ1) is 16.3. The minimum atomic E-state index is -3.67. The van der Waals surface area contributed by atoms with Crippen molar-refractivity contribution in [2.75, 3.05) is 24.5 Å². The molecule has 3 aromatic rings.